The number of rotatable bonds is 12. The number of carbonyl (C=O) groups excluding carboxylic acids is 2. The molecule has 2 aliphatic heterocycles. The van der Waals surface area contributed by atoms with Crippen LogP contribution in [0.4, 0.5) is 10.9 Å². The number of anilines is 2. The van der Waals surface area contributed by atoms with Gasteiger partial charge in [0.25, 0.3) is 5.91 Å². The largest absolute Gasteiger partial charge is 0.455 e. The Labute approximate surface area is 368 Å². The normalized spacial score (nSPS) is 26.7. The SMILES string of the molecule is Cc1c(-c2ccc(N3CCc4cccc(C(=O)Nc5nc6ccccc6s5)c4C3)nc2C(=O)OC(C)(C)C)cnn1CC12CC3(C)CC(C)(C1)CC(OCCNC1COC1)(C3)C2. The highest BCUT2D eigenvalue weighted by atomic mass is 32.1. The minimum atomic E-state index is -0.717. The molecule has 2 atom stereocenters. The number of ether oxygens (including phenoxy) is 3. The molecule has 4 aliphatic carbocycles. The van der Waals surface area contributed by atoms with Crippen LogP contribution in [0.15, 0.2) is 60.8 Å². The topological polar surface area (TPSA) is 133 Å². The van der Waals surface area contributed by atoms with Gasteiger partial charge in [0.1, 0.15) is 11.4 Å². The summed E-state index contributed by atoms with van der Waals surface area (Å²) in [6.07, 6.45) is 9.47. The molecule has 2 N–H and O–H groups in total. The van der Waals surface area contributed by atoms with Crippen LogP contribution in [0, 0.1) is 23.2 Å². The smallest absolute Gasteiger partial charge is 0.358 e. The van der Waals surface area contributed by atoms with Gasteiger partial charge in [-0.05, 0) is 130 Å². The molecule has 3 aromatic heterocycles. The second-order valence-electron chi connectivity index (χ2n) is 20.8. The Kier molecular flexibility index (Phi) is 10.2. The summed E-state index contributed by atoms with van der Waals surface area (Å²) < 4.78 is 21.5. The Hall–Kier alpha value is -4.69. The van der Waals surface area contributed by atoms with Crippen LogP contribution in [-0.2, 0) is 33.7 Å². The summed E-state index contributed by atoms with van der Waals surface area (Å²) in [5.74, 6) is -0.0155. The number of para-hydroxylation sites is 1. The monoisotopic (exact) mass is 857 g/mol. The number of carbonyl (C=O) groups is 2. The van der Waals surface area contributed by atoms with E-state index in [9.17, 15) is 9.59 Å². The van der Waals surface area contributed by atoms with E-state index in [1.54, 1.807) is 0 Å². The minimum Gasteiger partial charge on any atom is -0.455 e. The van der Waals surface area contributed by atoms with Gasteiger partial charge in [0.05, 0.1) is 47.9 Å². The Morgan fingerprint density at radius 2 is 1.73 bits per heavy atom. The maximum atomic E-state index is 14.1. The Morgan fingerprint density at radius 3 is 2.47 bits per heavy atom. The van der Waals surface area contributed by atoms with Crippen LogP contribution in [0.5, 0.6) is 0 Å². The third-order valence-corrected chi connectivity index (χ3v) is 14.9. The fourth-order valence-electron chi connectivity index (χ4n) is 12.6. The number of amides is 1. The van der Waals surface area contributed by atoms with E-state index in [0.29, 0.717) is 47.8 Å². The first-order valence-electron chi connectivity index (χ1n) is 22.3. The number of benzene rings is 2. The molecule has 0 radical (unpaired) electrons. The minimum absolute atomic E-state index is 0.0618. The molecule has 4 bridgehead atoms. The van der Waals surface area contributed by atoms with Crippen molar-refractivity contribution in [1.29, 1.82) is 0 Å². The summed E-state index contributed by atoms with van der Waals surface area (Å²) in [6.45, 7) is 17.8. The molecule has 326 valence electrons. The number of fused-ring (bicyclic) bond motifs is 2. The van der Waals surface area contributed by atoms with Crippen LogP contribution < -0.4 is 15.5 Å². The molecule has 0 spiro atoms. The van der Waals surface area contributed by atoms with E-state index in [1.807, 2.05) is 75.5 Å². The molecule has 5 fully saturated rings. The summed E-state index contributed by atoms with van der Waals surface area (Å²) in [4.78, 5) is 39.8. The molecule has 6 aliphatic rings. The number of esters is 1. The van der Waals surface area contributed by atoms with Crippen molar-refractivity contribution in [2.45, 2.75) is 117 Å². The first kappa shape index (κ1) is 41.3. The quantitative estimate of drug-likeness (QED) is 0.0928. The van der Waals surface area contributed by atoms with Crippen molar-refractivity contribution in [3.8, 4) is 11.1 Å². The third-order valence-electron chi connectivity index (χ3n) is 13.9. The Morgan fingerprint density at radius 1 is 0.935 bits per heavy atom. The molecular weight excluding hydrogens is 799 g/mol. The molecule has 13 heteroatoms. The van der Waals surface area contributed by atoms with Crippen molar-refractivity contribution >= 4 is 44.4 Å². The zero-order chi connectivity index (χ0) is 43.1. The van der Waals surface area contributed by atoms with Crippen molar-refractivity contribution in [2.24, 2.45) is 16.2 Å². The highest BCUT2D eigenvalue weighted by molar-refractivity contribution is 7.22. The molecule has 2 unspecified atom stereocenters. The van der Waals surface area contributed by atoms with Gasteiger partial charge in [-0.15, -0.1) is 0 Å². The fraction of sp³-hybridized carbons (Fsp3) is 0.531. The Balaban J connectivity index is 0.914. The predicted molar refractivity (Wildman–Crippen MR) is 242 cm³/mol. The van der Waals surface area contributed by atoms with E-state index >= 15 is 0 Å². The van der Waals surface area contributed by atoms with Gasteiger partial charge in [-0.2, -0.15) is 5.10 Å². The highest BCUT2D eigenvalue weighted by Gasteiger charge is 2.66. The van der Waals surface area contributed by atoms with Gasteiger partial charge in [-0.25, -0.2) is 14.8 Å². The van der Waals surface area contributed by atoms with Crippen LogP contribution in [0.1, 0.15) is 111 Å². The van der Waals surface area contributed by atoms with E-state index in [1.165, 1.54) is 17.8 Å². The lowest BCUT2D eigenvalue weighted by molar-refractivity contribution is -0.247. The number of pyridine rings is 1. The lowest BCUT2D eigenvalue weighted by Gasteiger charge is -2.69. The maximum absolute atomic E-state index is 14.1. The molecule has 2 aromatic carbocycles. The molecule has 1 saturated heterocycles. The summed E-state index contributed by atoms with van der Waals surface area (Å²) in [7, 11) is 0. The first-order chi connectivity index (χ1) is 29.6. The molecule has 5 aromatic rings. The van der Waals surface area contributed by atoms with Crippen LogP contribution in [0.3, 0.4) is 0 Å². The zero-order valence-electron chi connectivity index (χ0n) is 36.9. The summed E-state index contributed by atoms with van der Waals surface area (Å²) in [5.41, 5.74) is 6.05. The number of hydrogen-bond acceptors (Lipinski definition) is 11. The van der Waals surface area contributed by atoms with Gasteiger partial charge in [0.2, 0.25) is 0 Å². The van der Waals surface area contributed by atoms with E-state index in [0.717, 1.165) is 97.4 Å². The number of hydrogen-bond donors (Lipinski definition) is 2. The van der Waals surface area contributed by atoms with Gasteiger partial charge in [-0.3, -0.25) is 14.8 Å². The second-order valence-corrected chi connectivity index (χ2v) is 21.9. The van der Waals surface area contributed by atoms with Crippen molar-refractivity contribution in [3.05, 3.63) is 88.9 Å². The first-order valence-corrected chi connectivity index (χ1v) is 23.1. The highest BCUT2D eigenvalue weighted by Crippen LogP contribution is 2.72. The standard InChI is InChI=1S/C49H59N7O5S/c1-31-36(20-51-56(31)30-48-25-46(5)24-47(6,26-48)28-49(27-46,29-48)60-19-17-50-33-22-59-23-33)34-14-15-40(53-41(34)43(58)61-45(2,3)4)55-18-16-32-10-9-11-35(37(32)21-55)42(57)54-44-52-38-12-7-8-13-39(38)62-44/h7-15,20,33,50H,16-19,21-30H2,1-6H3,(H,52,54,57). The van der Waals surface area contributed by atoms with Crippen LogP contribution in [0.25, 0.3) is 21.3 Å². The van der Waals surface area contributed by atoms with Gasteiger partial charge in [0, 0.05) is 48.6 Å². The average molecular weight is 858 g/mol. The lowest BCUT2D eigenvalue weighted by Crippen LogP contribution is -2.64. The average Bonchev–Trinajstić information content (AvgIpc) is 3.75. The molecule has 5 heterocycles. The summed E-state index contributed by atoms with van der Waals surface area (Å²) >= 11 is 1.46. The van der Waals surface area contributed by atoms with Gasteiger partial charge in [0.15, 0.2) is 10.8 Å². The predicted octanol–water partition coefficient (Wildman–Crippen LogP) is 8.76. The van der Waals surface area contributed by atoms with E-state index < -0.39 is 11.6 Å². The molecule has 1 amide bonds. The molecule has 62 heavy (non-hydrogen) atoms. The molecule has 12 nitrogen and oxygen atoms in total. The van der Waals surface area contributed by atoms with Crippen molar-refractivity contribution in [3.63, 3.8) is 0 Å². The van der Waals surface area contributed by atoms with Gasteiger partial charge in [-0.1, -0.05) is 49.4 Å². The second kappa shape index (κ2) is 15.2. The molecule has 4 saturated carbocycles. The lowest BCUT2D eigenvalue weighted by atomic mass is 9.39. The Bertz CT molecular complexity index is 2500. The van der Waals surface area contributed by atoms with Crippen LogP contribution in [0.2, 0.25) is 0 Å². The summed E-state index contributed by atoms with van der Waals surface area (Å²) in [6, 6.07) is 18.2. The van der Waals surface area contributed by atoms with Gasteiger partial charge < -0.3 is 24.4 Å². The van der Waals surface area contributed by atoms with E-state index in [2.05, 4.69) is 52.0 Å². The molecule has 11 rings (SSSR count). The third kappa shape index (κ3) is 7.94. The van der Waals surface area contributed by atoms with Crippen molar-refractivity contribution < 1.29 is 23.8 Å². The molecular formula is C49H59N7O5S. The van der Waals surface area contributed by atoms with Crippen molar-refractivity contribution in [2.75, 3.05) is 43.1 Å². The van der Waals surface area contributed by atoms with E-state index in [4.69, 9.17) is 24.3 Å². The number of aromatic nitrogens is 4. The summed E-state index contributed by atoms with van der Waals surface area (Å²) in [5, 5.41) is 12.3. The van der Waals surface area contributed by atoms with Crippen LogP contribution >= 0.6 is 11.3 Å². The number of nitrogens with one attached hydrogen (secondary N) is 2. The number of thiazole rings is 1. The fourth-order valence-corrected chi connectivity index (χ4v) is 13.5. The van der Waals surface area contributed by atoms with E-state index in [-0.39, 0.29) is 33.4 Å². The zero-order valence-corrected chi connectivity index (χ0v) is 37.8. The van der Waals surface area contributed by atoms with Crippen LogP contribution in [-0.4, -0.2) is 81.8 Å². The number of nitrogens with zero attached hydrogens (tertiary/aromatic N) is 5. The maximum Gasteiger partial charge on any atom is 0.358 e. The van der Waals surface area contributed by atoms with Crippen molar-refractivity contribution in [1.82, 2.24) is 25.1 Å². The van der Waals surface area contributed by atoms with Gasteiger partial charge >= 0.3 is 5.97 Å².